The fourth-order valence-electron chi connectivity index (χ4n) is 6.51. The van der Waals surface area contributed by atoms with Gasteiger partial charge in [0, 0.05) is 12.8 Å². The Morgan fingerprint density at radius 2 is 1.00 bits per heavy atom. The van der Waals surface area contributed by atoms with Crippen LogP contribution in [0.15, 0.2) is 24.3 Å². The highest BCUT2D eigenvalue weighted by Gasteiger charge is 2.19. The van der Waals surface area contributed by atoms with Crippen molar-refractivity contribution in [3.63, 3.8) is 0 Å². The third kappa shape index (κ3) is 36.3. The second-order valence-electron chi connectivity index (χ2n) is 15.1. The van der Waals surface area contributed by atoms with Gasteiger partial charge in [-0.3, -0.25) is 14.4 Å². The highest BCUT2D eigenvalue weighted by Crippen LogP contribution is 2.19. The smallest absolute Gasteiger partial charge is 0.328 e. The molecule has 314 valence electrons. The largest absolute Gasteiger partial charge is 0.480 e. The molecule has 0 spiro atoms. The lowest BCUT2D eigenvalue weighted by Gasteiger charge is -2.18. The Balaban J connectivity index is 4.30. The number of carbonyl (C=O) groups is 4. The summed E-state index contributed by atoms with van der Waals surface area (Å²) in [5.41, 5.74) is 0. The molecule has 0 saturated heterocycles. The number of hydrogen-bond donors (Lipinski definition) is 4. The zero-order valence-electron chi connectivity index (χ0n) is 34.7. The standard InChI is InChI=1S/C45H82N2O7/c1-3-5-7-9-11-13-15-16-17-18-20-22-24-29-33-37-44(51)54-40(34-30-26-23-21-19-14-12-10-8-6-4-2)35-31-27-25-28-32-36-42(49)46-38-43(50)47-41(39-48)45(52)53/h11,13,16-17,40-41,48H,3-10,12,14-15,18-39H2,1-2H3,(H,46,49)(H,47,50)(H,52,53)/b13-11-,17-16-. The van der Waals surface area contributed by atoms with Gasteiger partial charge in [-0.15, -0.1) is 0 Å². The van der Waals surface area contributed by atoms with Gasteiger partial charge in [0.25, 0.3) is 0 Å². The fraction of sp³-hybridized carbons (Fsp3) is 0.822. The maximum Gasteiger partial charge on any atom is 0.328 e. The molecule has 0 aliphatic rings. The van der Waals surface area contributed by atoms with Crippen LogP contribution in [0.4, 0.5) is 0 Å². The van der Waals surface area contributed by atoms with Crippen molar-refractivity contribution in [3.05, 3.63) is 24.3 Å². The van der Waals surface area contributed by atoms with Gasteiger partial charge in [0.05, 0.1) is 13.2 Å². The summed E-state index contributed by atoms with van der Waals surface area (Å²) in [6, 6.07) is -1.38. The van der Waals surface area contributed by atoms with E-state index in [1.807, 2.05) is 0 Å². The van der Waals surface area contributed by atoms with Gasteiger partial charge in [0.2, 0.25) is 11.8 Å². The fourth-order valence-corrected chi connectivity index (χ4v) is 6.51. The first kappa shape index (κ1) is 51.3. The van der Waals surface area contributed by atoms with Crippen LogP contribution >= 0.6 is 0 Å². The molecule has 0 rings (SSSR count). The molecule has 2 atom stereocenters. The summed E-state index contributed by atoms with van der Waals surface area (Å²) in [5.74, 6) is -2.30. The maximum absolute atomic E-state index is 12.8. The summed E-state index contributed by atoms with van der Waals surface area (Å²) in [6.07, 6.45) is 43.4. The lowest BCUT2D eigenvalue weighted by atomic mass is 10.0. The number of aliphatic hydroxyl groups is 1. The molecule has 0 aromatic heterocycles. The number of unbranched alkanes of at least 4 members (excludes halogenated alkanes) is 22. The molecule has 0 radical (unpaired) electrons. The lowest BCUT2D eigenvalue weighted by Crippen LogP contribution is -2.47. The Hall–Kier alpha value is -2.68. The Morgan fingerprint density at radius 1 is 0.556 bits per heavy atom. The summed E-state index contributed by atoms with van der Waals surface area (Å²) in [5, 5.41) is 22.6. The number of esters is 1. The van der Waals surface area contributed by atoms with Crippen molar-refractivity contribution >= 4 is 23.8 Å². The molecule has 54 heavy (non-hydrogen) atoms. The van der Waals surface area contributed by atoms with Crippen LogP contribution in [0.25, 0.3) is 0 Å². The molecule has 0 aromatic rings. The lowest BCUT2D eigenvalue weighted by molar-refractivity contribution is -0.150. The summed E-state index contributed by atoms with van der Waals surface area (Å²) in [4.78, 5) is 47.6. The number of allylic oxidation sites excluding steroid dienone is 4. The Labute approximate surface area is 330 Å². The van der Waals surface area contributed by atoms with Crippen LogP contribution in [-0.4, -0.2) is 59.3 Å². The van der Waals surface area contributed by atoms with Crippen molar-refractivity contribution in [2.24, 2.45) is 0 Å². The van der Waals surface area contributed by atoms with Gasteiger partial charge in [0.1, 0.15) is 12.1 Å². The first-order chi connectivity index (χ1) is 26.3. The van der Waals surface area contributed by atoms with Crippen molar-refractivity contribution in [3.8, 4) is 0 Å². The third-order valence-electron chi connectivity index (χ3n) is 9.95. The van der Waals surface area contributed by atoms with E-state index in [0.29, 0.717) is 19.3 Å². The van der Waals surface area contributed by atoms with Gasteiger partial charge in [-0.25, -0.2) is 4.79 Å². The highest BCUT2D eigenvalue weighted by molar-refractivity contribution is 5.87. The van der Waals surface area contributed by atoms with Crippen LogP contribution in [0, 0.1) is 0 Å². The molecule has 9 nitrogen and oxygen atoms in total. The number of nitrogens with one attached hydrogen (secondary N) is 2. The average molecular weight is 763 g/mol. The molecule has 0 saturated carbocycles. The van der Waals surface area contributed by atoms with E-state index in [4.69, 9.17) is 14.9 Å². The van der Waals surface area contributed by atoms with Gasteiger partial charge >= 0.3 is 11.9 Å². The number of hydrogen-bond acceptors (Lipinski definition) is 6. The summed E-state index contributed by atoms with van der Waals surface area (Å²) in [6.45, 7) is 3.46. The van der Waals surface area contributed by atoms with E-state index in [0.717, 1.165) is 77.0 Å². The predicted octanol–water partition coefficient (Wildman–Crippen LogP) is 10.8. The number of carboxylic acids is 1. The van der Waals surface area contributed by atoms with E-state index in [1.165, 1.54) is 103 Å². The number of aliphatic hydroxyl groups excluding tert-OH is 1. The van der Waals surface area contributed by atoms with E-state index in [1.54, 1.807) is 0 Å². The molecule has 0 heterocycles. The number of rotatable bonds is 40. The number of ether oxygens (including phenoxy) is 1. The van der Waals surface area contributed by atoms with Crippen LogP contribution < -0.4 is 10.6 Å². The van der Waals surface area contributed by atoms with Crippen molar-refractivity contribution in [1.82, 2.24) is 10.6 Å². The number of amides is 2. The molecule has 0 aliphatic carbocycles. The van der Waals surface area contributed by atoms with Gasteiger partial charge in [-0.05, 0) is 70.6 Å². The first-order valence-electron chi connectivity index (χ1n) is 22.2. The number of carboxylic acid groups (broad SMARTS) is 1. The molecule has 2 amide bonds. The zero-order valence-corrected chi connectivity index (χ0v) is 34.7. The van der Waals surface area contributed by atoms with Gasteiger partial charge < -0.3 is 25.6 Å². The molecule has 0 aliphatic heterocycles. The summed E-state index contributed by atoms with van der Waals surface area (Å²) < 4.78 is 6.03. The SMILES string of the molecule is CCCCC/C=C\C/C=C\CCCCCCCC(=O)OC(CCCCCCCCCCCCC)CCCCCCCC(=O)NCC(=O)NC(CO)C(=O)O. The Morgan fingerprint density at radius 3 is 1.52 bits per heavy atom. The topological polar surface area (TPSA) is 142 Å². The zero-order chi connectivity index (χ0) is 39.7. The monoisotopic (exact) mass is 763 g/mol. The second-order valence-corrected chi connectivity index (χ2v) is 15.1. The molecule has 4 N–H and O–H groups in total. The van der Waals surface area contributed by atoms with E-state index < -0.39 is 24.5 Å². The van der Waals surface area contributed by atoms with Crippen LogP contribution in [-0.2, 0) is 23.9 Å². The predicted molar refractivity (Wildman–Crippen MR) is 222 cm³/mol. The number of aliphatic carboxylic acids is 1. The van der Waals surface area contributed by atoms with Crippen LogP contribution in [0.2, 0.25) is 0 Å². The Bertz CT molecular complexity index is 968. The minimum atomic E-state index is -1.38. The van der Waals surface area contributed by atoms with Crippen molar-refractivity contribution in [1.29, 1.82) is 0 Å². The van der Waals surface area contributed by atoms with E-state index in [9.17, 15) is 19.2 Å². The molecule has 0 fully saturated rings. The summed E-state index contributed by atoms with van der Waals surface area (Å²) >= 11 is 0. The van der Waals surface area contributed by atoms with Gasteiger partial charge in [-0.1, -0.05) is 154 Å². The normalized spacial score (nSPS) is 12.6. The van der Waals surface area contributed by atoms with Crippen molar-refractivity contribution < 1.29 is 34.1 Å². The first-order valence-corrected chi connectivity index (χ1v) is 22.2. The van der Waals surface area contributed by atoms with E-state index in [2.05, 4.69) is 48.8 Å². The molecule has 2 unspecified atom stereocenters. The number of carbonyl (C=O) groups excluding carboxylic acids is 3. The van der Waals surface area contributed by atoms with Crippen LogP contribution in [0.5, 0.6) is 0 Å². The van der Waals surface area contributed by atoms with E-state index in [-0.39, 0.29) is 24.5 Å². The second kappa shape index (κ2) is 40.0. The molecule has 0 bridgehead atoms. The van der Waals surface area contributed by atoms with Crippen molar-refractivity contribution in [2.45, 2.75) is 225 Å². The minimum absolute atomic E-state index is 0.0162. The van der Waals surface area contributed by atoms with Crippen LogP contribution in [0.1, 0.15) is 213 Å². The third-order valence-corrected chi connectivity index (χ3v) is 9.95. The molecule has 9 heteroatoms. The Kier molecular flexibility index (Phi) is 38.0. The average Bonchev–Trinajstić information content (AvgIpc) is 3.15. The van der Waals surface area contributed by atoms with E-state index >= 15 is 0 Å². The summed E-state index contributed by atoms with van der Waals surface area (Å²) in [7, 11) is 0. The van der Waals surface area contributed by atoms with Crippen molar-refractivity contribution in [2.75, 3.05) is 13.2 Å². The van der Waals surface area contributed by atoms with Gasteiger partial charge in [0.15, 0.2) is 0 Å². The quantitative estimate of drug-likeness (QED) is 0.0276. The minimum Gasteiger partial charge on any atom is -0.480 e. The molecular weight excluding hydrogens is 681 g/mol. The maximum atomic E-state index is 12.8. The molecule has 0 aromatic carbocycles. The highest BCUT2D eigenvalue weighted by atomic mass is 16.5. The van der Waals surface area contributed by atoms with Crippen LogP contribution in [0.3, 0.4) is 0 Å². The van der Waals surface area contributed by atoms with Gasteiger partial charge in [-0.2, -0.15) is 0 Å². The molecular formula is C45H82N2O7.